The summed E-state index contributed by atoms with van der Waals surface area (Å²) in [6.07, 6.45) is 6.40. The quantitative estimate of drug-likeness (QED) is 0.750. The molecule has 1 fully saturated rings. The molecule has 2 heterocycles. The average molecular weight is 260 g/mol. The number of aromatic amines is 1. The Bertz CT molecular complexity index is 632. The number of aliphatic hydroxyl groups excluding tert-OH is 1. The van der Waals surface area contributed by atoms with Crippen molar-refractivity contribution >= 4 is 16.9 Å². The molecule has 19 heavy (non-hydrogen) atoms. The maximum absolute atomic E-state index is 11.5. The molecular weight excluding hydrogens is 244 g/mol. The molecule has 0 aliphatic heterocycles. The minimum atomic E-state index is -0.176. The Morgan fingerprint density at radius 1 is 1.32 bits per heavy atom. The molecule has 6 heteroatoms. The van der Waals surface area contributed by atoms with Crippen molar-refractivity contribution in [3.63, 3.8) is 0 Å². The predicted octanol–water partition coefficient (Wildman–Crippen LogP) is 1.03. The second-order valence-corrected chi connectivity index (χ2v) is 4.95. The van der Waals surface area contributed by atoms with E-state index in [1.807, 2.05) is 0 Å². The van der Waals surface area contributed by atoms with Crippen molar-refractivity contribution in [2.45, 2.75) is 37.8 Å². The molecular formula is C13H16N4O2. The van der Waals surface area contributed by atoms with Gasteiger partial charge in [0.05, 0.1) is 17.0 Å². The number of hydrogen-bond donors (Lipinski definition) is 3. The molecule has 0 aromatic carbocycles. The van der Waals surface area contributed by atoms with Gasteiger partial charge in [0, 0.05) is 18.4 Å². The van der Waals surface area contributed by atoms with Crippen molar-refractivity contribution in [2.75, 3.05) is 5.32 Å². The van der Waals surface area contributed by atoms with Gasteiger partial charge >= 0.3 is 0 Å². The van der Waals surface area contributed by atoms with Crippen LogP contribution in [-0.4, -0.2) is 32.2 Å². The van der Waals surface area contributed by atoms with Gasteiger partial charge in [0.2, 0.25) is 5.95 Å². The maximum Gasteiger partial charge on any atom is 0.258 e. The first-order valence-corrected chi connectivity index (χ1v) is 6.51. The second kappa shape index (κ2) is 4.97. The summed E-state index contributed by atoms with van der Waals surface area (Å²) in [4.78, 5) is 22.6. The number of nitrogens with zero attached hydrogens (tertiary/aromatic N) is 2. The lowest BCUT2D eigenvalue weighted by atomic mass is 9.93. The summed E-state index contributed by atoms with van der Waals surface area (Å²) in [7, 11) is 0. The molecule has 3 N–H and O–H groups in total. The highest BCUT2D eigenvalue weighted by Crippen LogP contribution is 2.21. The number of fused-ring (bicyclic) bond motifs is 1. The van der Waals surface area contributed by atoms with Crippen molar-refractivity contribution in [1.29, 1.82) is 0 Å². The summed E-state index contributed by atoms with van der Waals surface area (Å²) in [6.45, 7) is 0. The molecule has 6 nitrogen and oxygen atoms in total. The lowest BCUT2D eigenvalue weighted by Gasteiger charge is -2.26. The number of aromatic nitrogens is 3. The topological polar surface area (TPSA) is 90.9 Å². The highest BCUT2D eigenvalue weighted by molar-refractivity contribution is 5.77. The summed E-state index contributed by atoms with van der Waals surface area (Å²) in [5.41, 5.74) is 0.460. The van der Waals surface area contributed by atoms with Crippen LogP contribution in [0.4, 0.5) is 5.95 Å². The highest BCUT2D eigenvalue weighted by atomic mass is 16.3. The third-order valence-corrected chi connectivity index (χ3v) is 3.55. The Morgan fingerprint density at radius 2 is 2.11 bits per heavy atom. The molecule has 0 radical (unpaired) electrons. The van der Waals surface area contributed by atoms with E-state index in [4.69, 9.17) is 0 Å². The van der Waals surface area contributed by atoms with Crippen LogP contribution in [0.15, 0.2) is 23.3 Å². The molecule has 1 aliphatic rings. The Labute approximate surface area is 109 Å². The lowest BCUT2D eigenvalue weighted by Crippen LogP contribution is -2.29. The molecule has 1 saturated carbocycles. The molecule has 2 aromatic rings. The van der Waals surface area contributed by atoms with Gasteiger partial charge in [0.15, 0.2) is 0 Å². The van der Waals surface area contributed by atoms with Gasteiger partial charge in [-0.2, -0.15) is 0 Å². The van der Waals surface area contributed by atoms with Crippen molar-refractivity contribution in [3.8, 4) is 0 Å². The molecule has 1 aliphatic carbocycles. The smallest absolute Gasteiger partial charge is 0.258 e. The van der Waals surface area contributed by atoms with E-state index in [0.717, 1.165) is 25.7 Å². The fourth-order valence-electron chi connectivity index (χ4n) is 2.44. The van der Waals surface area contributed by atoms with Gasteiger partial charge in [0.25, 0.3) is 5.56 Å². The Morgan fingerprint density at radius 3 is 2.89 bits per heavy atom. The number of aliphatic hydroxyl groups is 1. The van der Waals surface area contributed by atoms with Gasteiger partial charge in [-0.3, -0.25) is 4.79 Å². The lowest BCUT2D eigenvalue weighted by molar-refractivity contribution is 0.126. The molecule has 0 unspecified atom stereocenters. The fourth-order valence-corrected chi connectivity index (χ4v) is 2.44. The van der Waals surface area contributed by atoms with Gasteiger partial charge in [-0.1, -0.05) is 0 Å². The summed E-state index contributed by atoms with van der Waals surface area (Å²) in [6, 6.07) is 2.05. The fraction of sp³-hybridized carbons (Fsp3) is 0.462. The first kappa shape index (κ1) is 12.1. The van der Waals surface area contributed by atoms with Crippen LogP contribution in [0.2, 0.25) is 0 Å². The average Bonchev–Trinajstić information content (AvgIpc) is 2.42. The van der Waals surface area contributed by atoms with Gasteiger partial charge in [0.1, 0.15) is 0 Å². The van der Waals surface area contributed by atoms with Crippen LogP contribution < -0.4 is 10.9 Å². The minimum absolute atomic E-state index is 0.172. The number of anilines is 1. The molecule has 0 amide bonds. The van der Waals surface area contributed by atoms with Crippen molar-refractivity contribution in [1.82, 2.24) is 15.0 Å². The van der Waals surface area contributed by atoms with Crippen LogP contribution in [0, 0.1) is 0 Å². The molecule has 3 rings (SSSR count). The standard InChI is InChI=1S/C13H16N4O2/c18-9-3-1-8(2-4-9)16-13-15-7-10-11(17-13)5-6-14-12(10)19/h5-9,18H,1-4H2,(H,14,19)(H,15,16,17). The Kier molecular flexibility index (Phi) is 3.16. The van der Waals surface area contributed by atoms with Crippen LogP contribution in [0.25, 0.3) is 10.9 Å². The zero-order chi connectivity index (χ0) is 13.2. The number of H-pyrrole nitrogens is 1. The van der Waals surface area contributed by atoms with Crippen LogP contribution in [-0.2, 0) is 0 Å². The van der Waals surface area contributed by atoms with E-state index >= 15 is 0 Å². The Hall–Kier alpha value is -1.95. The largest absolute Gasteiger partial charge is 0.393 e. The monoisotopic (exact) mass is 260 g/mol. The van der Waals surface area contributed by atoms with Crippen molar-refractivity contribution in [3.05, 3.63) is 28.8 Å². The molecule has 100 valence electrons. The van der Waals surface area contributed by atoms with Crippen LogP contribution in [0.3, 0.4) is 0 Å². The van der Waals surface area contributed by atoms with E-state index in [1.54, 1.807) is 18.5 Å². The third-order valence-electron chi connectivity index (χ3n) is 3.55. The van der Waals surface area contributed by atoms with Gasteiger partial charge in [-0.05, 0) is 31.7 Å². The number of hydrogen-bond acceptors (Lipinski definition) is 5. The minimum Gasteiger partial charge on any atom is -0.393 e. The normalized spacial score (nSPS) is 23.4. The van der Waals surface area contributed by atoms with E-state index in [-0.39, 0.29) is 11.7 Å². The predicted molar refractivity (Wildman–Crippen MR) is 72.0 cm³/mol. The number of pyridine rings is 1. The van der Waals surface area contributed by atoms with Crippen LogP contribution in [0.5, 0.6) is 0 Å². The zero-order valence-electron chi connectivity index (χ0n) is 10.5. The van der Waals surface area contributed by atoms with Gasteiger partial charge in [-0.15, -0.1) is 0 Å². The first-order chi connectivity index (χ1) is 9.22. The van der Waals surface area contributed by atoms with Gasteiger partial charge < -0.3 is 15.4 Å². The van der Waals surface area contributed by atoms with E-state index in [9.17, 15) is 9.90 Å². The molecule has 0 bridgehead atoms. The van der Waals surface area contributed by atoms with Crippen molar-refractivity contribution in [2.24, 2.45) is 0 Å². The molecule has 0 atom stereocenters. The highest BCUT2D eigenvalue weighted by Gasteiger charge is 2.19. The molecule has 0 spiro atoms. The molecule has 2 aromatic heterocycles. The van der Waals surface area contributed by atoms with E-state index in [0.29, 0.717) is 22.9 Å². The molecule has 0 saturated heterocycles. The van der Waals surface area contributed by atoms with Crippen molar-refractivity contribution < 1.29 is 5.11 Å². The number of rotatable bonds is 2. The number of nitrogens with one attached hydrogen (secondary N) is 2. The summed E-state index contributed by atoms with van der Waals surface area (Å²) >= 11 is 0. The maximum atomic E-state index is 11.5. The third kappa shape index (κ3) is 2.58. The van der Waals surface area contributed by atoms with E-state index < -0.39 is 0 Å². The first-order valence-electron chi connectivity index (χ1n) is 6.51. The SMILES string of the molecule is O=c1[nH]ccc2nc(NC3CCC(O)CC3)ncc12. The Balaban J connectivity index is 1.80. The van der Waals surface area contributed by atoms with E-state index in [2.05, 4.69) is 20.3 Å². The summed E-state index contributed by atoms with van der Waals surface area (Å²) in [5.74, 6) is 0.541. The zero-order valence-corrected chi connectivity index (χ0v) is 10.5. The summed E-state index contributed by atoms with van der Waals surface area (Å²) < 4.78 is 0. The van der Waals surface area contributed by atoms with Gasteiger partial charge in [-0.25, -0.2) is 9.97 Å². The second-order valence-electron chi connectivity index (χ2n) is 4.95. The van der Waals surface area contributed by atoms with Crippen LogP contribution >= 0.6 is 0 Å². The van der Waals surface area contributed by atoms with Crippen LogP contribution in [0.1, 0.15) is 25.7 Å². The van der Waals surface area contributed by atoms with E-state index in [1.165, 1.54) is 0 Å². The summed E-state index contributed by atoms with van der Waals surface area (Å²) in [5, 5.41) is 13.2.